The van der Waals surface area contributed by atoms with Gasteiger partial charge in [-0.25, -0.2) is 0 Å². The highest BCUT2D eigenvalue weighted by Gasteiger charge is 2.68. The fraction of sp³-hybridized carbons (Fsp3) is 0.932. The van der Waals surface area contributed by atoms with Crippen LogP contribution in [0.4, 0.5) is 0 Å². The van der Waals surface area contributed by atoms with Crippen LogP contribution >= 0.6 is 0 Å². The van der Waals surface area contributed by atoms with E-state index >= 15 is 0 Å². The minimum atomic E-state index is -1.96. The SMILES string of the molecule is C=C1CC23CC[C@H]4[C@@](C)(CCC[C@@]4(C)C(=O)OC4O[C@H](CO)[C@@H](O)[C@H](O)[C@H]4O)[C@@H]2CC(O[C@@H]2O[C@H](CO)[C@@H](O)C(O[C@@H]4O[C@H](CO)[C@@H](O)[C@H](O)[C@H]4O)[C@H]2O[C@@H]2O[C@H](CO)[C@@H](O)[C@H](O)[C@H]2O)C1C3. The highest BCUT2D eigenvalue weighted by molar-refractivity contribution is 5.77. The third kappa shape index (κ3) is 8.83. The average molecular weight is 967 g/mol. The minimum absolute atomic E-state index is 0.118. The van der Waals surface area contributed by atoms with Gasteiger partial charge in [0.25, 0.3) is 0 Å². The van der Waals surface area contributed by atoms with Crippen LogP contribution in [0.5, 0.6) is 0 Å². The molecule has 0 aromatic heterocycles. The molecule has 23 nitrogen and oxygen atoms in total. The van der Waals surface area contributed by atoms with Crippen molar-refractivity contribution < 1.29 is 114 Å². The van der Waals surface area contributed by atoms with Crippen LogP contribution in [0.2, 0.25) is 0 Å². The molecule has 0 aromatic rings. The van der Waals surface area contributed by atoms with Gasteiger partial charge in [-0.15, -0.1) is 0 Å². The van der Waals surface area contributed by atoms with Crippen LogP contribution in [-0.4, -0.2) is 233 Å². The van der Waals surface area contributed by atoms with Crippen LogP contribution in [0, 0.1) is 34.0 Å². The molecular weight excluding hydrogens is 896 g/mol. The van der Waals surface area contributed by atoms with Crippen molar-refractivity contribution in [3.63, 3.8) is 0 Å². The van der Waals surface area contributed by atoms with E-state index in [1.807, 2.05) is 6.92 Å². The summed E-state index contributed by atoms with van der Waals surface area (Å²) in [5, 5.41) is 148. The van der Waals surface area contributed by atoms with Crippen LogP contribution in [0.3, 0.4) is 0 Å². The van der Waals surface area contributed by atoms with Gasteiger partial charge in [-0.05, 0) is 74.5 Å². The van der Waals surface area contributed by atoms with Crippen LogP contribution < -0.4 is 0 Å². The lowest BCUT2D eigenvalue weighted by Gasteiger charge is -2.64. The molecule has 384 valence electrons. The highest BCUT2D eigenvalue weighted by atomic mass is 16.8. The summed E-state index contributed by atoms with van der Waals surface area (Å²) in [6, 6.07) is 0. The van der Waals surface area contributed by atoms with Crippen molar-refractivity contribution in [2.75, 3.05) is 26.4 Å². The maximum absolute atomic E-state index is 14.4. The van der Waals surface area contributed by atoms with Gasteiger partial charge < -0.3 is 109 Å². The first-order valence-electron chi connectivity index (χ1n) is 23.4. The molecule has 1 spiro atoms. The number of carbonyl (C=O) groups excluding carboxylic acids is 1. The lowest BCUT2D eigenvalue weighted by atomic mass is 9.41. The molecule has 0 aromatic carbocycles. The Balaban J connectivity index is 1.09. The minimum Gasteiger partial charge on any atom is -0.432 e. The number of esters is 1. The summed E-state index contributed by atoms with van der Waals surface area (Å²) >= 11 is 0. The first kappa shape index (κ1) is 51.7. The summed E-state index contributed by atoms with van der Waals surface area (Å²) in [6.07, 6.45) is -30.2. The molecule has 4 saturated heterocycles. The summed E-state index contributed by atoms with van der Waals surface area (Å²) in [5.41, 5.74) is -0.989. The van der Waals surface area contributed by atoms with Gasteiger partial charge in [-0.1, -0.05) is 25.5 Å². The van der Waals surface area contributed by atoms with Gasteiger partial charge in [-0.3, -0.25) is 4.79 Å². The third-order valence-corrected chi connectivity index (χ3v) is 17.0. The predicted octanol–water partition coefficient (Wildman–Crippen LogP) is -5.26. The van der Waals surface area contributed by atoms with Gasteiger partial charge in [-0.2, -0.15) is 0 Å². The lowest BCUT2D eigenvalue weighted by molar-refractivity contribution is -0.397. The second-order valence-corrected chi connectivity index (χ2v) is 20.8. The van der Waals surface area contributed by atoms with Gasteiger partial charge in [0.05, 0.1) is 37.9 Å². The van der Waals surface area contributed by atoms with Crippen LogP contribution in [0.15, 0.2) is 12.2 Å². The van der Waals surface area contributed by atoms with E-state index in [-0.39, 0.29) is 23.2 Å². The monoisotopic (exact) mass is 966 g/mol. The molecule has 5 unspecified atom stereocenters. The second-order valence-electron chi connectivity index (χ2n) is 20.8. The van der Waals surface area contributed by atoms with E-state index in [1.165, 1.54) is 0 Å². The van der Waals surface area contributed by atoms with Gasteiger partial charge in [0, 0.05) is 5.92 Å². The van der Waals surface area contributed by atoms with E-state index < -0.39 is 172 Å². The van der Waals surface area contributed by atoms with Gasteiger partial charge in [0.15, 0.2) is 18.9 Å². The molecule has 8 fully saturated rings. The molecular formula is C44H70O23. The van der Waals surface area contributed by atoms with Crippen molar-refractivity contribution in [2.45, 2.75) is 194 Å². The largest absolute Gasteiger partial charge is 0.432 e. The zero-order valence-electron chi connectivity index (χ0n) is 37.5. The van der Waals surface area contributed by atoms with E-state index in [0.717, 1.165) is 12.0 Å². The molecule has 8 aliphatic rings. The number of aliphatic hydroxyl groups excluding tert-OH is 14. The third-order valence-electron chi connectivity index (χ3n) is 17.0. The summed E-state index contributed by atoms with van der Waals surface area (Å²) in [4.78, 5) is 14.4. The Morgan fingerprint density at radius 2 is 1.06 bits per heavy atom. The summed E-state index contributed by atoms with van der Waals surface area (Å²) in [5.74, 6) is -1.31. The van der Waals surface area contributed by atoms with Crippen LogP contribution in [0.25, 0.3) is 0 Å². The van der Waals surface area contributed by atoms with Crippen molar-refractivity contribution in [3.8, 4) is 0 Å². The first-order valence-corrected chi connectivity index (χ1v) is 23.4. The number of aliphatic hydroxyl groups is 14. The number of ether oxygens (including phenoxy) is 8. The first-order chi connectivity index (χ1) is 31.7. The molecule has 4 aliphatic carbocycles. The molecule has 14 N–H and O–H groups in total. The van der Waals surface area contributed by atoms with E-state index in [9.17, 15) is 76.3 Å². The van der Waals surface area contributed by atoms with Crippen molar-refractivity contribution in [1.82, 2.24) is 0 Å². The second kappa shape index (κ2) is 19.8. The molecule has 0 radical (unpaired) electrons. The zero-order chi connectivity index (χ0) is 48.7. The van der Waals surface area contributed by atoms with E-state index in [1.54, 1.807) is 0 Å². The molecule has 0 amide bonds. The molecule has 4 aliphatic heterocycles. The zero-order valence-corrected chi connectivity index (χ0v) is 37.5. The maximum Gasteiger partial charge on any atom is 0.314 e. The Kier molecular flexibility index (Phi) is 15.3. The maximum atomic E-state index is 14.4. The van der Waals surface area contributed by atoms with E-state index in [2.05, 4.69) is 13.5 Å². The number of rotatable bonds is 12. The van der Waals surface area contributed by atoms with Gasteiger partial charge in [0.1, 0.15) is 97.7 Å². The number of fused-ring (bicyclic) bond motifs is 3. The molecule has 8 rings (SSSR count). The summed E-state index contributed by atoms with van der Waals surface area (Å²) in [7, 11) is 0. The van der Waals surface area contributed by atoms with Gasteiger partial charge in [0.2, 0.25) is 6.29 Å². The lowest BCUT2D eigenvalue weighted by Crippen LogP contribution is -2.67. The highest BCUT2D eigenvalue weighted by Crippen LogP contribution is 2.72. The fourth-order valence-electron chi connectivity index (χ4n) is 13.4. The topological polar surface area (TPSA) is 374 Å². The molecule has 27 atom stereocenters. The Labute approximate surface area is 386 Å². The van der Waals surface area contributed by atoms with Crippen molar-refractivity contribution in [1.29, 1.82) is 0 Å². The fourth-order valence-corrected chi connectivity index (χ4v) is 13.4. The number of hydrogen-bond donors (Lipinski definition) is 14. The Hall–Kier alpha value is -1.63. The Morgan fingerprint density at radius 3 is 1.60 bits per heavy atom. The molecule has 23 heteroatoms. The van der Waals surface area contributed by atoms with E-state index in [0.29, 0.717) is 44.9 Å². The van der Waals surface area contributed by atoms with Crippen molar-refractivity contribution in [3.05, 3.63) is 12.2 Å². The average Bonchev–Trinajstić information content (AvgIpc) is 3.58. The Bertz CT molecular complexity index is 1740. The standard InChI is InChI=1S/C44H70O23/c1-16-10-44-8-5-23-42(2,6-4-7-43(23,3)41(59)67-39-34(58)31(55)27(51)21(14-47)63-39)24(44)9-18(17(16)11-44)60-40-36(66-38-33(57)30(54)26(50)20(13-46)62-38)35(28(52)22(15-48)64-40)65-37-32(56)29(53)25(49)19(12-45)61-37/h17-40,45-58H,1,4-15H2,2-3H3/t17?,18?,19-,20-,21-,22-,23+,24+,25-,26-,27-,28-,29+,30+,31+,32-,33-,34-,35?,36-,37+,38+,39?,40-,42-,43-,44?/m1/s1. The van der Waals surface area contributed by atoms with Crippen molar-refractivity contribution in [2.24, 2.45) is 34.0 Å². The molecule has 4 saturated carbocycles. The smallest absolute Gasteiger partial charge is 0.314 e. The number of hydrogen-bond acceptors (Lipinski definition) is 23. The quantitative estimate of drug-likeness (QED) is 0.0494. The van der Waals surface area contributed by atoms with Crippen LogP contribution in [0.1, 0.15) is 65.2 Å². The van der Waals surface area contributed by atoms with Crippen molar-refractivity contribution >= 4 is 5.97 Å². The summed E-state index contributed by atoms with van der Waals surface area (Å²) < 4.78 is 48.1. The molecule has 4 heterocycles. The predicted molar refractivity (Wildman–Crippen MR) is 219 cm³/mol. The van der Waals surface area contributed by atoms with Crippen LogP contribution in [-0.2, 0) is 42.7 Å². The van der Waals surface area contributed by atoms with E-state index in [4.69, 9.17) is 37.9 Å². The Morgan fingerprint density at radius 1 is 0.582 bits per heavy atom. The molecule has 2 bridgehead atoms. The number of carbonyl (C=O) groups is 1. The normalized spacial score (nSPS) is 54.5. The molecule has 67 heavy (non-hydrogen) atoms. The van der Waals surface area contributed by atoms with Gasteiger partial charge >= 0.3 is 5.97 Å². The summed E-state index contributed by atoms with van der Waals surface area (Å²) in [6.45, 7) is 5.29.